The van der Waals surface area contributed by atoms with Crippen LogP contribution in [0.15, 0.2) is 60.7 Å². The molecule has 2 aliphatic heterocycles. The Labute approximate surface area is 354 Å². The van der Waals surface area contributed by atoms with Gasteiger partial charge in [-0.1, -0.05) is 146 Å². The molecule has 2 saturated carbocycles. The van der Waals surface area contributed by atoms with Gasteiger partial charge in [0, 0.05) is 18.5 Å². The number of carboxylic acid groups (broad SMARTS) is 1. The number of hydrogen-bond donors (Lipinski definition) is 3. The van der Waals surface area contributed by atoms with Gasteiger partial charge in [0.2, 0.25) is 0 Å². The molecule has 11 nitrogen and oxygen atoms in total. The maximum Gasteiger partial charge on any atom is 0.335 e. The summed E-state index contributed by atoms with van der Waals surface area (Å²) in [7, 11) is 2.70. The highest BCUT2D eigenvalue weighted by Gasteiger charge is 2.45. The summed E-state index contributed by atoms with van der Waals surface area (Å²) in [5.41, 5.74) is 7.66. The molecule has 6 atom stereocenters. The Morgan fingerprint density at radius 2 is 1.14 bits per heavy atom. The molecule has 2 aromatic rings. The number of esters is 2. The van der Waals surface area contributed by atoms with E-state index in [1.807, 2.05) is 60.7 Å². The maximum absolute atomic E-state index is 12.3. The lowest BCUT2D eigenvalue weighted by molar-refractivity contribution is -0.147. The number of methoxy groups -OCH3 is 2. The van der Waals surface area contributed by atoms with Crippen LogP contribution in [0.5, 0.6) is 0 Å². The second-order valence-electron chi connectivity index (χ2n) is 16.0. The normalized spacial score (nSPS) is 21.8. The number of benzene rings is 2. The molecule has 2 heterocycles. The van der Waals surface area contributed by atoms with E-state index < -0.39 is 24.0 Å². The van der Waals surface area contributed by atoms with Crippen molar-refractivity contribution in [3.8, 4) is 0 Å². The molecule has 6 rings (SSSR count). The van der Waals surface area contributed by atoms with Gasteiger partial charge in [-0.3, -0.25) is 14.4 Å². The first-order valence-corrected chi connectivity index (χ1v) is 21.9. The Bertz CT molecular complexity index is 1430. The summed E-state index contributed by atoms with van der Waals surface area (Å²) in [5, 5.41) is 12.3. The van der Waals surface area contributed by atoms with Gasteiger partial charge in [0.25, 0.3) is 0 Å². The van der Waals surface area contributed by atoms with Crippen molar-refractivity contribution in [3.05, 3.63) is 71.8 Å². The first-order chi connectivity index (χ1) is 28.1. The first-order valence-electron chi connectivity index (χ1n) is 21.9. The lowest BCUT2D eigenvalue weighted by Gasteiger charge is -2.30. The van der Waals surface area contributed by atoms with E-state index in [1.165, 1.54) is 78.4 Å². The topological polar surface area (TPSA) is 170 Å². The molecule has 0 aromatic heterocycles. The van der Waals surface area contributed by atoms with Gasteiger partial charge in [0.05, 0.1) is 32.3 Å². The number of nitrogens with one attached hydrogen (secondary N) is 1. The van der Waals surface area contributed by atoms with E-state index in [4.69, 9.17) is 25.1 Å². The Hall–Kier alpha value is -3.64. The van der Waals surface area contributed by atoms with Gasteiger partial charge in [-0.05, 0) is 62.5 Å². The zero-order chi connectivity index (χ0) is 42.1. The Kier molecular flexibility index (Phi) is 25.8. The summed E-state index contributed by atoms with van der Waals surface area (Å²) < 4.78 is 19.7. The minimum atomic E-state index is -0.818. The van der Waals surface area contributed by atoms with Gasteiger partial charge in [-0.2, -0.15) is 0 Å². The molecular weight excluding hydrogens is 749 g/mol. The zero-order valence-corrected chi connectivity index (χ0v) is 35.6. The van der Waals surface area contributed by atoms with Gasteiger partial charge < -0.3 is 35.1 Å². The van der Waals surface area contributed by atoms with Crippen molar-refractivity contribution in [2.24, 2.45) is 11.7 Å². The number of nitrogens with two attached hydrogens (primary N) is 1. The molecule has 0 spiro atoms. The van der Waals surface area contributed by atoms with Crippen LogP contribution in [0, 0.1) is 5.92 Å². The fraction of sp³-hybridized carbons (Fsp3) is 0.667. The third-order valence-electron chi connectivity index (χ3n) is 11.2. The Morgan fingerprint density at radius 3 is 1.56 bits per heavy atom. The molecular formula is C48H76N2O9. The lowest BCUT2D eigenvalue weighted by atomic mass is 9.91. The molecule has 2 aliphatic carbocycles. The summed E-state index contributed by atoms with van der Waals surface area (Å²) >= 11 is 0. The SMILES string of the molecule is C.C1CCC(NC2CCCCC2)CC1.CCCC[C@H]1O[C@@H]1C(=O)C[C@@H](Cc1ccccc1)C(=O)OC.CCCC[C@H]1O[C@@H]1C(=O)O.COC(=O)[C@@H](N)Cc1ccccc1. The third kappa shape index (κ3) is 20.9. The molecule has 0 radical (unpaired) electrons. The highest BCUT2D eigenvalue weighted by molar-refractivity contribution is 5.89. The number of carboxylic acids is 1. The van der Waals surface area contributed by atoms with Crippen LogP contribution < -0.4 is 11.1 Å². The minimum Gasteiger partial charge on any atom is -0.479 e. The number of unbranched alkanes of at least 4 members (excludes halogenated alkanes) is 2. The molecule has 0 amide bonds. The van der Waals surface area contributed by atoms with Gasteiger partial charge in [0.15, 0.2) is 11.9 Å². The summed E-state index contributed by atoms with van der Waals surface area (Å²) in [4.78, 5) is 45.4. The maximum atomic E-state index is 12.3. The number of hydrogen-bond acceptors (Lipinski definition) is 10. The molecule has 2 saturated heterocycles. The van der Waals surface area contributed by atoms with Crippen molar-refractivity contribution in [1.82, 2.24) is 5.32 Å². The van der Waals surface area contributed by atoms with E-state index in [0.717, 1.165) is 61.7 Å². The van der Waals surface area contributed by atoms with Gasteiger partial charge >= 0.3 is 17.9 Å². The Morgan fingerprint density at radius 1 is 0.695 bits per heavy atom. The standard InChI is InChI=1S/C18H24O4.C12H23N.C10H13NO2.C7H12O3.CH4/c1-3-4-10-16-17(22-16)15(19)12-14(18(20)21-2)11-13-8-6-5-7-9-13;1-3-7-11(8-4-1)13-12-9-5-2-6-10-12;1-13-10(12)9(11)7-8-5-3-2-4-6-8;1-2-3-4-5-6(10-5)7(8)9;/h5-9,14,16-17H,3-4,10-12H2,1-2H3;11-13H,1-10H2;2-6,9H,7,11H2,1H3;5-6H,2-4H2,1H3,(H,8,9);1H4/t14-,16-,17-;;9-;5-,6+;/m1.01./s1. The number of ketones is 1. The molecule has 11 heteroatoms. The van der Waals surface area contributed by atoms with E-state index >= 15 is 0 Å². The number of aliphatic carboxylic acids is 1. The van der Waals surface area contributed by atoms with Crippen LogP contribution in [-0.4, -0.2) is 85.6 Å². The number of carbonyl (C=O) groups is 4. The van der Waals surface area contributed by atoms with Crippen LogP contribution in [0.25, 0.3) is 0 Å². The van der Waals surface area contributed by atoms with E-state index in [2.05, 4.69) is 23.9 Å². The van der Waals surface area contributed by atoms with Crippen molar-refractivity contribution in [2.45, 2.75) is 186 Å². The molecule has 2 aromatic carbocycles. The number of epoxide rings is 2. The minimum absolute atomic E-state index is 0. The fourth-order valence-corrected chi connectivity index (χ4v) is 7.67. The predicted octanol–water partition coefficient (Wildman–Crippen LogP) is 8.57. The summed E-state index contributed by atoms with van der Waals surface area (Å²) in [6.07, 6.45) is 21.2. The Balaban J connectivity index is 0.000000283. The number of carbonyl (C=O) groups excluding carboxylic acids is 3. The molecule has 0 unspecified atom stereocenters. The average Bonchev–Trinajstić information content (AvgIpc) is 4.20. The molecule has 0 bridgehead atoms. The predicted molar refractivity (Wildman–Crippen MR) is 233 cm³/mol. The number of rotatable bonds is 18. The highest BCUT2D eigenvalue weighted by atomic mass is 16.6. The van der Waals surface area contributed by atoms with Crippen molar-refractivity contribution in [1.29, 1.82) is 0 Å². The quantitative estimate of drug-likeness (QED) is 0.0972. The van der Waals surface area contributed by atoms with E-state index in [9.17, 15) is 19.2 Å². The largest absolute Gasteiger partial charge is 0.479 e. The summed E-state index contributed by atoms with van der Waals surface area (Å²) in [5.74, 6) is -1.93. The van der Waals surface area contributed by atoms with Crippen molar-refractivity contribution < 1.29 is 43.2 Å². The van der Waals surface area contributed by atoms with E-state index in [0.29, 0.717) is 12.8 Å². The second kappa shape index (κ2) is 29.6. The third-order valence-corrected chi connectivity index (χ3v) is 11.2. The average molecular weight is 825 g/mol. The zero-order valence-electron chi connectivity index (χ0n) is 35.6. The van der Waals surface area contributed by atoms with Gasteiger partial charge in [-0.25, -0.2) is 4.79 Å². The van der Waals surface area contributed by atoms with Gasteiger partial charge in [0.1, 0.15) is 12.1 Å². The summed E-state index contributed by atoms with van der Waals surface area (Å²) in [6.45, 7) is 4.20. The number of ether oxygens (including phenoxy) is 4. The van der Waals surface area contributed by atoms with Crippen LogP contribution >= 0.6 is 0 Å². The number of Topliss-reactive ketones (excluding diaryl/α,β-unsaturated/α-hetero) is 1. The highest BCUT2D eigenvalue weighted by Crippen LogP contribution is 2.31. The monoisotopic (exact) mass is 825 g/mol. The van der Waals surface area contributed by atoms with Crippen LogP contribution in [0.2, 0.25) is 0 Å². The van der Waals surface area contributed by atoms with Crippen LogP contribution in [0.1, 0.15) is 142 Å². The van der Waals surface area contributed by atoms with Crippen molar-refractivity contribution in [2.75, 3.05) is 14.2 Å². The lowest BCUT2D eigenvalue weighted by Crippen LogP contribution is -2.40. The molecule has 4 aliphatic rings. The molecule has 332 valence electrons. The second-order valence-corrected chi connectivity index (χ2v) is 16.0. The van der Waals surface area contributed by atoms with Crippen molar-refractivity contribution in [3.63, 3.8) is 0 Å². The van der Waals surface area contributed by atoms with Crippen LogP contribution in [-0.2, 0) is 51.0 Å². The molecule has 4 fully saturated rings. The van der Waals surface area contributed by atoms with E-state index in [1.54, 1.807) is 0 Å². The van der Waals surface area contributed by atoms with E-state index in [-0.39, 0.29) is 49.9 Å². The smallest absolute Gasteiger partial charge is 0.335 e. The summed E-state index contributed by atoms with van der Waals surface area (Å²) in [6, 6.07) is 20.5. The fourth-order valence-electron chi connectivity index (χ4n) is 7.67. The van der Waals surface area contributed by atoms with Crippen LogP contribution in [0.3, 0.4) is 0 Å². The molecule has 59 heavy (non-hydrogen) atoms. The van der Waals surface area contributed by atoms with Crippen LogP contribution in [0.4, 0.5) is 0 Å². The molecule has 4 N–H and O–H groups in total. The first kappa shape index (κ1) is 51.5. The van der Waals surface area contributed by atoms with Crippen molar-refractivity contribution >= 4 is 23.7 Å². The van der Waals surface area contributed by atoms with Gasteiger partial charge in [-0.15, -0.1) is 0 Å².